The monoisotopic (exact) mass is 759 g/mol. The number of carbonyl (C=O) groups is 5. The fourth-order valence-corrected chi connectivity index (χ4v) is 6.76. The highest BCUT2D eigenvalue weighted by Gasteiger charge is 2.49. The van der Waals surface area contributed by atoms with Gasteiger partial charge in [0, 0.05) is 11.3 Å². The molecule has 3 amide bonds. The molecule has 54 heavy (non-hydrogen) atoms. The van der Waals surface area contributed by atoms with E-state index in [0.29, 0.717) is 28.1 Å². The lowest BCUT2D eigenvalue weighted by Crippen LogP contribution is -2.57. The van der Waals surface area contributed by atoms with Crippen LogP contribution in [0.3, 0.4) is 0 Å². The third-order valence-corrected chi connectivity index (χ3v) is 9.55. The Morgan fingerprint density at radius 1 is 0.852 bits per heavy atom. The van der Waals surface area contributed by atoms with E-state index >= 15 is 0 Å². The Bertz CT molecular complexity index is 1960. The number of nitrogens with one attached hydrogen (secondary N) is 2. The predicted molar refractivity (Wildman–Crippen MR) is 198 cm³/mol. The van der Waals surface area contributed by atoms with Crippen LogP contribution in [-0.4, -0.2) is 70.4 Å². The van der Waals surface area contributed by atoms with Gasteiger partial charge in [-0.15, -0.1) is 11.8 Å². The van der Waals surface area contributed by atoms with Crippen molar-refractivity contribution in [3.8, 4) is 5.75 Å². The van der Waals surface area contributed by atoms with Crippen molar-refractivity contribution in [1.29, 1.82) is 0 Å². The largest absolute Gasteiger partial charge is 0.484 e. The third-order valence-electron chi connectivity index (χ3n) is 8.30. The molecule has 4 aromatic carbocycles. The van der Waals surface area contributed by atoms with E-state index in [2.05, 4.69) is 10.6 Å². The summed E-state index contributed by atoms with van der Waals surface area (Å²) in [6, 6.07) is 22.5. The lowest BCUT2D eigenvalue weighted by molar-refractivity contribution is -0.145. The van der Waals surface area contributed by atoms with Crippen LogP contribution in [0.2, 0.25) is 0 Å². The Morgan fingerprint density at radius 2 is 1.46 bits per heavy atom. The van der Waals surface area contributed by atoms with Crippen LogP contribution in [0.1, 0.15) is 54.3 Å². The van der Waals surface area contributed by atoms with Gasteiger partial charge in [0.25, 0.3) is 5.91 Å². The number of benzene rings is 4. The van der Waals surface area contributed by atoms with Crippen LogP contribution >= 0.6 is 11.8 Å². The van der Waals surface area contributed by atoms with Gasteiger partial charge < -0.3 is 30.1 Å². The number of ether oxygens (including phenoxy) is 2. The zero-order valence-electron chi connectivity index (χ0n) is 29.7. The standard InChI is InChI=1S/C40H39F2N3O8S/c1-40(2,3)53-21-31(39(50)51)43-37(48)34(25-7-5-4-6-8-25)44-33(47)22-52-30-19-11-26(12-20-30)35-36(38(49)45(35)29-17-15-28(42)16-18-29)54-23-32(46)24-9-13-27(41)14-10-24/h4-20,31,34-36H,21-23H2,1-3H3,(H,43,48)(H,44,47)(H,50,51)/t31-,34-,35?,36?/m1/s1. The summed E-state index contributed by atoms with van der Waals surface area (Å²) in [4.78, 5) is 66.0. The summed E-state index contributed by atoms with van der Waals surface area (Å²) in [7, 11) is 0. The number of anilines is 1. The van der Waals surface area contributed by atoms with Crippen molar-refractivity contribution >= 4 is 46.9 Å². The minimum Gasteiger partial charge on any atom is -0.484 e. The Morgan fingerprint density at radius 3 is 2.06 bits per heavy atom. The van der Waals surface area contributed by atoms with Crippen LogP contribution in [0.15, 0.2) is 103 Å². The number of hydrogen-bond donors (Lipinski definition) is 3. The second-order valence-electron chi connectivity index (χ2n) is 13.4. The SMILES string of the molecule is CC(C)(C)OC[C@@H](NC(=O)[C@H](NC(=O)COc1ccc(C2C(SCC(=O)c3ccc(F)cc3)C(=O)N2c2ccc(F)cc2)cc1)c1ccccc1)C(=O)O. The lowest BCUT2D eigenvalue weighted by Gasteiger charge is -2.47. The number of aliphatic carboxylic acids is 1. The summed E-state index contributed by atoms with van der Waals surface area (Å²) < 4.78 is 38.4. The number of carboxylic acid groups (broad SMARTS) is 1. The van der Waals surface area contributed by atoms with Crippen LogP contribution in [-0.2, 0) is 23.9 Å². The van der Waals surface area contributed by atoms with E-state index in [9.17, 15) is 37.9 Å². The predicted octanol–water partition coefficient (Wildman–Crippen LogP) is 5.66. The second-order valence-corrected chi connectivity index (χ2v) is 14.5. The van der Waals surface area contributed by atoms with E-state index in [0.717, 1.165) is 11.8 Å². The zero-order valence-corrected chi connectivity index (χ0v) is 30.5. The first-order valence-corrected chi connectivity index (χ1v) is 18.0. The van der Waals surface area contributed by atoms with Gasteiger partial charge in [0.05, 0.1) is 24.0 Å². The molecule has 0 bridgehead atoms. The van der Waals surface area contributed by atoms with Gasteiger partial charge in [0.1, 0.15) is 28.7 Å². The first-order valence-electron chi connectivity index (χ1n) is 16.9. The molecule has 0 spiro atoms. The summed E-state index contributed by atoms with van der Waals surface area (Å²) >= 11 is 1.15. The van der Waals surface area contributed by atoms with Gasteiger partial charge in [-0.25, -0.2) is 13.6 Å². The number of thioether (sulfide) groups is 1. The van der Waals surface area contributed by atoms with Crippen molar-refractivity contribution < 1.29 is 47.3 Å². The molecule has 1 aliphatic heterocycles. The molecule has 1 aliphatic rings. The van der Waals surface area contributed by atoms with Gasteiger partial charge >= 0.3 is 5.97 Å². The number of β-lactam (4-membered cyclic amide) rings is 1. The maximum absolute atomic E-state index is 13.7. The van der Waals surface area contributed by atoms with E-state index in [4.69, 9.17) is 9.47 Å². The lowest BCUT2D eigenvalue weighted by atomic mass is 9.92. The molecule has 1 fully saturated rings. The molecule has 5 rings (SSSR count). The number of rotatable bonds is 16. The summed E-state index contributed by atoms with van der Waals surface area (Å²) in [6.45, 7) is 4.49. The van der Waals surface area contributed by atoms with Crippen molar-refractivity contribution in [3.05, 3.63) is 131 Å². The Balaban J connectivity index is 1.25. The number of hydrogen-bond acceptors (Lipinski definition) is 8. The summed E-state index contributed by atoms with van der Waals surface area (Å²) in [5.74, 6) is -3.91. The average Bonchev–Trinajstić information content (AvgIpc) is 3.14. The van der Waals surface area contributed by atoms with Gasteiger partial charge in [-0.3, -0.25) is 19.2 Å². The van der Waals surface area contributed by atoms with E-state index in [1.807, 2.05) is 0 Å². The maximum Gasteiger partial charge on any atom is 0.328 e. The Kier molecular flexibility index (Phi) is 12.8. The first-order chi connectivity index (χ1) is 25.7. The molecule has 3 N–H and O–H groups in total. The highest BCUT2D eigenvalue weighted by atomic mass is 32.2. The fourth-order valence-electron chi connectivity index (χ4n) is 5.54. The van der Waals surface area contributed by atoms with Crippen LogP contribution in [0.4, 0.5) is 14.5 Å². The van der Waals surface area contributed by atoms with Gasteiger partial charge in [0.15, 0.2) is 18.4 Å². The zero-order chi connectivity index (χ0) is 39.0. The van der Waals surface area contributed by atoms with E-state index in [-0.39, 0.29) is 24.1 Å². The number of carbonyl (C=O) groups excluding carboxylic acids is 4. The number of Topliss-reactive ketones (excluding diaryl/α,β-unsaturated/α-hetero) is 1. The summed E-state index contributed by atoms with van der Waals surface area (Å²) in [5, 5.41) is 14.1. The highest BCUT2D eigenvalue weighted by molar-refractivity contribution is 8.01. The summed E-state index contributed by atoms with van der Waals surface area (Å²) in [5.41, 5.74) is 1.25. The minimum atomic E-state index is -1.37. The molecule has 4 atom stereocenters. The Labute approximate surface area is 315 Å². The van der Waals surface area contributed by atoms with Gasteiger partial charge in [-0.2, -0.15) is 0 Å². The molecule has 282 valence electrons. The number of nitrogens with zero attached hydrogens (tertiary/aromatic N) is 1. The molecule has 11 nitrogen and oxygen atoms in total. The van der Waals surface area contributed by atoms with E-state index < -0.39 is 65.0 Å². The second kappa shape index (κ2) is 17.5. The number of ketones is 1. The maximum atomic E-state index is 13.7. The fraction of sp³-hybridized carbons (Fsp3) is 0.275. The molecule has 0 saturated carbocycles. The van der Waals surface area contributed by atoms with E-state index in [1.54, 1.807) is 75.4 Å². The summed E-state index contributed by atoms with van der Waals surface area (Å²) in [6.07, 6.45) is 0. The molecule has 2 unspecified atom stereocenters. The molecule has 4 aromatic rings. The molecule has 1 heterocycles. The number of halogens is 2. The van der Waals surface area contributed by atoms with Crippen LogP contribution in [0, 0.1) is 11.6 Å². The molecule has 0 aromatic heterocycles. The molecular formula is C40H39F2N3O8S. The number of amides is 3. The smallest absolute Gasteiger partial charge is 0.328 e. The van der Waals surface area contributed by atoms with Crippen molar-refractivity contribution in [2.45, 2.75) is 49.7 Å². The van der Waals surface area contributed by atoms with Crippen LogP contribution < -0.4 is 20.3 Å². The van der Waals surface area contributed by atoms with Crippen LogP contribution in [0.5, 0.6) is 5.75 Å². The highest BCUT2D eigenvalue weighted by Crippen LogP contribution is 2.45. The van der Waals surface area contributed by atoms with E-state index in [1.165, 1.54) is 53.4 Å². The van der Waals surface area contributed by atoms with Crippen molar-refractivity contribution in [2.75, 3.05) is 23.9 Å². The normalized spacial score (nSPS) is 16.5. The number of carboxylic acids is 1. The third kappa shape index (κ3) is 10.3. The molecule has 14 heteroatoms. The quantitative estimate of drug-likeness (QED) is 0.0972. The molecule has 0 radical (unpaired) electrons. The molecule has 0 aliphatic carbocycles. The Hall–Kier alpha value is -5.60. The van der Waals surface area contributed by atoms with Crippen molar-refractivity contribution in [3.63, 3.8) is 0 Å². The van der Waals surface area contributed by atoms with Crippen molar-refractivity contribution in [1.82, 2.24) is 10.6 Å². The van der Waals surface area contributed by atoms with Crippen LogP contribution in [0.25, 0.3) is 0 Å². The van der Waals surface area contributed by atoms with Crippen molar-refractivity contribution in [2.24, 2.45) is 0 Å². The minimum absolute atomic E-state index is 0.0320. The molecular weight excluding hydrogens is 721 g/mol. The van der Waals surface area contributed by atoms with Gasteiger partial charge in [0.2, 0.25) is 11.8 Å². The molecule has 1 saturated heterocycles. The topological polar surface area (TPSA) is 151 Å². The first kappa shape index (κ1) is 39.6. The van der Waals surface area contributed by atoms with Gasteiger partial charge in [-0.05, 0) is 92.6 Å². The van der Waals surface area contributed by atoms with Gasteiger partial charge in [-0.1, -0.05) is 42.5 Å². The average molecular weight is 760 g/mol.